The molecule has 1 aliphatic heterocycles. The lowest BCUT2D eigenvalue weighted by molar-refractivity contribution is 0.0746. The highest BCUT2D eigenvalue weighted by Gasteiger charge is 2.25. The topological polar surface area (TPSA) is 73.8 Å². The van der Waals surface area contributed by atoms with E-state index in [0.29, 0.717) is 49.9 Å². The summed E-state index contributed by atoms with van der Waals surface area (Å²) in [6.07, 6.45) is 0. The van der Waals surface area contributed by atoms with E-state index in [2.05, 4.69) is 9.88 Å². The number of sulfonamides is 1. The Morgan fingerprint density at radius 1 is 1.06 bits per heavy atom. The number of nitrogens with zero attached hydrogens (tertiary/aromatic N) is 4. The Bertz CT molecular complexity index is 1220. The quantitative estimate of drug-likeness (QED) is 0.521. The molecule has 1 aromatic heterocycles. The summed E-state index contributed by atoms with van der Waals surface area (Å²) in [5.74, 6) is -0.0903. The molecule has 2 heterocycles. The van der Waals surface area contributed by atoms with Crippen molar-refractivity contribution in [3.05, 3.63) is 53.1 Å². The van der Waals surface area contributed by atoms with Crippen LogP contribution in [-0.4, -0.2) is 67.8 Å². The van der Waals surface area contributed by atoms with Gasteiger partial charge in [-0.3, -0.25) is 4.79 Å². The number of hydrogen-bond donors (Lipinski definition) is 0. The number of aromatic nitrogens is 1. The van der Waals surface area contributed by atoms with Gasteiger partial charge in [-0.2, -0.15) is 4.31 Å². The molecule has 0 atom stereocenters. The van der Waals surface area contributed by atoms with Crippen LogP contribution in [-0.2, 0) is 10.0 Å². The number of benzene rings is 2. The van der Waals surface area contributed by atoms with E-state index in [-0.39, 0.29) is 10.8 Å². The van der Waals surface area contributed by atoms with Gasteiger partial charge in [0, 0.05) is 49.9 Å². The molecule has 0 bridgehead atoms. The number of carbonyl (C=O) groups excluding carboxylic acids is 1. The smallest absolute Gasteiger partial charge is 0.253 e. The average Bonchev–Trinajstić information content (AvgIpc) is 3.22. The number of amides is 1. The maximum atomic E-state index is 12.9. The number of carbonyl (C=O) groups is 1. The minimum Gasteiger partial charge on any atom is -0.345 e. The van der Waals surface area contributed by atoms with Crippen molar-refractivity contribution in [2.75, 3.05) is 44.2 Å². The molecule has 0 N–H and O–H groups in total. The molecule has 0 radical (unpaired) electrons. The second-order valence-corrected chi connectivity index (χ2v) is 10.9. The van der Waals surface area contributed by atoms with Gasteiger partial charge in [0.1, 0.15) is 0 Å². The fraction of sp³-hybridized carbons (Fsp3) is 0.364. The summed E-state index contributed by atoms with van der Waals surface area (Å²) in [6.45, 7) is 6.96. The Kier molecular flexibility index (Phi) is 6.71. The highest BCUT2D eigenvalue weighted by molar-refractivity contribution is 7.89. The van der Waals surface area contributed by atoms with Crippen LogP contribution in [0.3, 0.4) is 0 Å². The van der Waals surface area contributed by atoms with Crippen molar-refractivity contribution in [1.29, 1.82) is 0 Å². The Morgan fingerprint density at radius 3 is 2.34 bits per heavy atom. The fourth-order valence-corrected chi connectivity index (χ4v) is 6.54. The SMILES string of the molecule is CCN(CC)S(=O)(=O)c1ccc(C(=O)N2CCN(c3nc4ccc(Cl)cc4s3)CC2)cc1. The molecule has 0 saturated carbocycles. The van der Waals surface area contributed by atoms with E-state index in [1.165, 1.54) is 16.4 Å². The number of piperazine rings is 1. The highest BCUT2D eigenvalue weighted by atomic mass is 35.5. The van der Waals surface area contributed by atoms with Gasteiger partial charge in [-0.05, 0) is 42.5 Å². The first-order valence-corrected chi connectivity index (χ1v) is 13.2. The van der Waals surface area contributed by atoms with Crippen LogP contribution < -0.4 is 4.90 Å². The van der Waals surface area contributed by atoms with E-state index in [1.807, 2.05) is 32.0 Å². The van der Waals surface area contributed by atoms with Crippen LogP contribution in [0.5, 0.6) is 0 Å². The second-order valence-electron chi connectivity index (χ2n) is 7.50. The molecule has 7 nitrogen and oxygen atoms in total. The summed E-state index contributed by atoms with van der Waals surface area (Å²) in [4.78, 5) is 21.8. The third-order valence-electron chi connectivity index (χ3n) is 5.62. The zero-order chi connectivity index (χ0) is 22.9. The number of fused-ring (bicyclic) bond motifs is 1. The van der Waals surface area contributed by atoms with E-state index in [0.717, 1.165) is 15.3 Å². The van der Waals surface area contributed by atoms with E-state index in [9.17, 15) is 13.2 Å². The van der Waals surface area contributed by atoms with Crippen LogP contribution in [0.25, 0.3) is 10.2 Å². The second kappa shape index (κ2) is 9.35. The summed E-state index contributed by atoms with van der Waals surface area (Å²) >= 11 is 7.68. The summed E-state index contributed by atoms with van der Waals surface area (Å²) in [5.41, 5.74) is 1.42. The first-order chi connectivity index (χ1) is 15.3. The van der Waals surface area contributed by atoms with Gasteiger partial charge in [-0.25, -0.2) is 13.4 Å². The summed E-state index contributed by atoms with van der Waals surface area (Å²) in [5, 5.41) is 1.62. The largest absolute Gasteiger partial charge is 0.345 e. The molecular formula is C22H25ClN4O3S2. The molecule has 32 heavy (non-hydrogen) atoms. The Balaban J connectivity index is 1.41. The number of thiazole rings is 1. The van der Waals surface area contributed by atoms with Crippen molar-refractivity contribution < 1.29 is 13.2 Å². The lowest BCUT2D eigenvalue weighted by Crippen LogP contribution is -2.48. The van der Waals surface area contributed by atoms with Crippen LogP contribution in [0.1, 0.15) is 24.2 Å². The van der Waals surface area contributed by atoms with Crippen molar-refractivity contribution in [1.82, 2.24) is 14.2 Å². The fourth-order valence-electron chi connectivity index (χ4n) is 3.79. The molecule has 3 aromatic rings. The molecule has 1 fully saturated rings. The zero-order valence-corrected chi connectivity index (χ0v) is 20.4. The molecule has 0 spiro atoms. The van der Waals surface area contributed by atoms with E-state index >= 15 is 0 Å². The van der Waals surface area contributed by atoms with E-state index in [1.54, 1.807) is 28.4 Å². The molecule has 2 aromatic carbocycles. The van der Waals surface area contributed by atoms with Gasteiger partial charge >= 0.3 is 0 Å². The molecule has 0 unspecified atom stereocenters. The lowest BCUT2D eigenvalue weighted by Gasteiger charge is -2.34. The number of rotatable bonds is 6. The zero-order valence-electron chi connectivity index (χ0n) is 18.0. The normalized spacial score (nSPS) is 15.0. The standard InChI is InChI=1S/C22H25ClN4O3S2/c1-3-27(4-2)32(29,30)18-8-5-16(6-9-18)21(28)25-11-13-26(14-12-25)22-24-19-10-7-17(23)15-20(19)31-22/h5-10,15H,3-4,11-14H2,1-2H3. The number of anilines is 1. The summed E-state index contributed by atoms with van der Waals surface area (Å²) in [7, 11) is -3.53. The molecule has 1 amide bonds. The third kappa shape index (κ3) is 4.47. The van der Waals surface area contributed by atoms with Crippen LogP contribution in [0, 0.1) is 0 Å². The van der Waals surface area contributed by atoms with Crippen LogP contribution >= 0.6 is 22.9 Å². The number of hydrogen-bond acceptors (Lipinski definition) is 6. The van der Waals surface area contributed by atoms with Gasteiger partial charge in [0.25, 0.3) is 5.91 Å². The van der Waals surface area contributed by atoms with Crippen molar-refractivity contribution in [2.24, 2.45) is 0 Å². The van der Waals surface area contributed by atoms with Crippen molar-refractivity contribution in [2.45, 2.75) is 18.7 Å². The van der Waals surface area contributed by atoms with Crippen molar-refractivity contribution >= 4 is 54.2 Å². The Labute approximate surface area is 197 Å². The highest BCUT2D eigenvalue weighted by Crippen LogP contribution is 2.31. The third-order valence-corrected chi connectivity index (χ3v) is 9.00. The van der Waals surface area contributed by atoms with E-state index < -0.39 is 10.0 Å². The maximum absolute atomic E-state index is 12.9. The first-order valence-electron chi connectivity index (χ1n) is 10.5. The van der Waals surface area contributed by atoms with Gasteiger partial charge in [0.2, 0.25) is 10.0 Å². The van der Waals surface area contributed by atoms with Gasteiger partial charge in [-0.1, -0.05) is 36.8 Å². The van der Waals surface area contributed by atoms with Crippen LogP contribution in [0.15, 0.2) is 47.4 Å². The predicted octanol–water partition coefficient (Wildman–Crippen LogP) is 3.94. The van der Waals surface area contributed by atoms with Gasteiger partial charge in [0.15, 0.2) is 5.13 Å². The van der Waals surface area contributed by atoms with Crippen molar-refractivity contribution in [3.63, 3.8) is 0 Å². The van der Waals surface area contributed by atoms with E-state index in [4.69, 9.17) is 11.6 Å². The molecule has 1 saturated heterocycles. The Morgan fingerprint density at radius 2 is 1.72 bits per heavy atom. The lowest BCUT2D eigenvalue weighted by atomic mass is 10.2. The molecule has 4 rings (SSSR count). The molecule has 1 aliphatic rings. The number of halogens is 1. The van der Waals surface area contributed by atoms with Crippen LogP contribution in [0.4, 0.5) is 5.13 Å². The molecule has 10 heteroatoms. The summed E-state index contributed by atoms with van der Waals surface area (Å²) < 4.78 is 27.7. The predicted molar refractivity (Wildman–Crippen MR) is 129 cm³/mol. The minimum absolute atomic E-state index is 0.0903. The Hall–Kier alpha value is -2.20. The molecule has 0 aliphatic carbocycles. The maximum Gasteiger partial charge on any atom is 0.253 e. The molecule has 170 valence electrons. The monoisotopic (exact) mass is 492 g/mol. The van der Waals surface area contributed by atoms with Crippen LogP contribution in [0.2, 0.25) is 5.02 Å². The molecular weight excluding hydrogens is 468 g/mol. The van der Waals surface area contributed by atoms with Gasteiger partial charge in [-0.15, -0.1) is 0 Å². The first kappa shape index (κ1) is 23.0. The minimum atomic E-state index is -3.53. The van der Waals surface area contributed by atoms with Crippen molar-refractivity contribution in [3.8, 4) is 0 Å². The summed E-state index contributed by atoms with van der Waals surface area (Å²) in [6, 6.07) is 11.9. The van der Waals surface area contributed by atoms with Gasteiger partial charge < -0.3 is 9.80 Å². The van der Waals surface area contributed by atoms with Gasteiger partial charge in [0.05, 0.1) is 15.1 Å². The average molecular weight is 493 g/mol.